The van der Waals surface area contributed by atoms with Crippen LogP contribution in [-0.4, -0.2) is 91.2 Å². The van der Waals surface area contributed by atoms with Crippen molar-refractivity contribution in [3.63, 3.8) is 0 Å². The van der Waals surface area contributed by atoms with Crippen molar-refractivity contribution in [2.24, 2.45) is 39.9 Å². The predicted molar refractivity (Wildman–Crippen MR) is 525 cm³/mol. The molecule has 0 saturated carbocycles. The van der Waals surface area contributed by atoms with Crippen molar-refractivity contribution in [3.05, 3.63) is 358 Å². The predicted octanol–water partition coefficient (Wildman–Crippen LogP) is 5.43. The van der Waals surface area contributed by atoms with Crippen LogP contribution in [0.3, 0.4) is 0 Å². The molecule has 5 N–H and O–H groups in total. The van der Waals surface area contributed by atoms with Crippen LogP contribution in [0.5, 0.6) is 0 Å². The molecule has 0 unspecified atom stereocenters. The zero-order chi connectivity index (χ0) is 90.7. The van der Waals surface area contributed by atoms with Gasteiger partial charge in [0.1, 0.15) is 0 Å². The number of H-pyrrole nitrogens is 3. The first-order valence-corrected chi connectivity index (χ1v) is 41.9. The first-order chi connectivity index (χ1) is 61.1. The van der Waals surface area contributed by atoms with Gasteiger partial charge in [-0.15, -0.1) is 72.3 Å². The number of aromatic amines is 3. The monoisotopic (exact) mass is 1950 g/mol. The number of Topliss-reactive ketones (excluding diaryl/α,β-unsaturated/α-hetero) is 1. The van der Waals surface area contributed by atoms with Crippen molar-refractivity contribution in [2.45, 2.75) is 138 Å². The largest absolute Gasteiger partial charge is 3.00 e. The number of aromatic nitrogens is 9. The molecule has 17 rings (SSSR count). The molecular weight excluding hydrogens is 1850 g/mol. The molecule has 133 heavy (non-hydrogen) atoms. The van der Waals surface area contributed by atoms with Crippen molar-refractivity contribution in [1.29, 1.82) is 0 Å². The third-order valence-electron chi connectivity index (χ3n) is 22.1. The molecule has 0 radical (unpaired) electrons. The van der Waals surface area contributed by atoms with Crippen LogP contribution in [0.1, 0.15) is 177 Å². The molecule has 0 saturated heterocycles. The number of nitrogens with one attached hydrogen (secondary N) is 3. The zero-order valence-electron chi connectivity index (χ0n) is 77.6. The number of carbonyl (C=O) groups is 2. The van der Waals surface area contributed by atoms with Crippen molar-refractivity contribution in [3.8, 4) is 0 Å². The van der Waals surface area contributed by atoms with E-state index < -0.39 is 12.1 Å². The van der Waals surface area contributed by atoms with Gasteiger partial charge >= 0.3 is 51.2 Å². The summed E-state index contributed by atoms with van der Waals surface area (Å²) in [6.07, 6.45) is 43.8. The van der Waals surface area contributed by atoms with E-state index in [2.05, 4.69) is 196 Å². The maximum atomic E-state index is 9.44. The van der Waals surface area contributed by atoms with E-state index >= 15 is 0 Å². The Morgan fingerprint density at radius 2 is 0.639 bits per heavy atom. The van der Waals surface area contributed by atoms with Crippen LogP contribution in [0.15, 0.2) is 310 Å². The zero-order valence-corrected chi connectivity index (χ0v) is 83.4. The van der Waals surface area contributed by atoms with E-state index in [0.29, 0.717) is 10.9 Å². The molecule has 21 nitrogen and oxygen atoms in total. The number of hydrogen-bond acceptors (Lipinski definition) is 12. The van der Waals surface area contributed by atoms with E-state index in [1.165, 1.54) is 23.6 Å². The third kappa shape index (κ3) is 27.5. The molecule has 0 aliphatic carbocycles. The van der Waals surface area contributed by atoms with Gasteiger partial charge in [0.2, 0.25) is 0 Å². The van der Waals surface area contributed by atoms with Crippen molar-refractivity contribution in [1.82, 2.24) is 44.9 Å². The SMILES string of the molecule is C/C=c1/ccc(=C(C)C2=NC(=C(C)c3ccc(C(C)=C4C=CC=N4)[n-]3)C=C2)[n-]1.CC(=C1C=CC=N1)c1ccc(C(C)=C2C=CC(C(C)=c3cc/c(=C(/C)C(O)O)[n-]3)=N2)[n-]1.CC(=C1C=CC=N1)c1ccc(C(C)=C2C=CC(C(C)=c3ccc(=C(C)C)[n-]3)=N2)[n-]1.CC(=O)C=O.CC(C)=C1C=CC(C(C)=c2cc/c(=C(\C)c3ccc(/C(C)=C4/C=CC=N4)[nH]3)[nH]2)=N1.[Cl-].[Cl-].[Cl-].[Mn+3].[Mn+3].[Mn+3].c1cc[nH]c1. The Morgan fingerprint density at radius 1 is 0.323 bits per heavy atom. The third-order valence-corrected chi connectivity index (χ3v) is 22.1. The number of halogens is 3. The summed E-state index contributed by atoms with van der Waals surface area (Å²) in [5.41, 5.74) is 34.9. The Balaban J connectivity index is 0.000000259. The Bertz CT molecular complexity index is 7150. The molecule has 8 aliphatic rings. The number of hydrogen-bond donors (Lipinski definition) is 5. The standard InChI is InChI=1S/C25H24N4O2.C25H26N4.C25H24N4.C24H22N4.C4H5N.C3H4O2.3ClH.3Mn/c1-14(18-6-5-13-26-18)19-7-8-20(27-19)15(2)21-9-10-22(28-21)16(3)23-11-12-24(29-23)17(4)25(30)31;2*1-15(2)19-8-9-22(27-19)17(4)23-12-13-25(29-23)18(5)24-11-10-21(28-24)16(3)20-7-6-14-26-20;1-5-18-8-9-20(26-18)16(3)22-12-13-24(28-22)17(4)23-11-10-21(27-23)15(2)19-7-6-14-25-19;1-2-4-5-3-1;1-3(5)2-4;;;;;;/h5-13,25,30-31H,1-4H3;6-14,28-29H,1-5H3;6-14H,1-5H3;5-14H,1-4H3;1-5H;2H,1H3;3*1H;;;/q-2;;2*-2;;;;;;3*+3/p-3/b18-14?,21-15?,23-16?,24-17+;20-16-,23-17?,25-18-;;18-5-,19-15?,20-16?,24-17?;;;;;;;;. The van der Waals surface area contributed by atoms with Crippen LogP contribution in [0.4, 0.5) is 0 Å². The normalized spacial score (nSPS) is 18.2. The van der Waals surface area contributed by atoms with Crippen molar-refractivity contribution >= 4 is 144 Å². The maximum Gasteiger partial charge on any atom is 3.00 e. The first kappa shape index (κ1) is 109. The number of aliphatic hydroxyl groups excluding tert-OH is 1. The first-order valence-electron chi connectivity index (χ1n) is 41.9. The van der Waals surface area contributed by atoms with E-state index in [1.807, 2.05) is 192 Å². The van der Waals surface area contributed by atoms with Gasteiger partial charge in [-0.2, -0.15) is 0 Å². The van der Waals surface area contributed by atoms with Gasteiger partial charge in [0.25, 0.3) is 0 Å². The average molecular weight is 1950 g/mol. The summed E-state index contributed by atoms with van der Waals surface area (Å²) in [5, 5.41) is 26.2. The number of allylic oxidation sites excluding steroid dienone is 24. The summed E-state index contributed by atoms with van der Waals surface area (Å²) in [4.78, 5) is 93.3. The van der Waals surface area contributed by atoms with Crippen LogP contribution in [-0.2, 0) is 60.8 Å². The molecule has 8 aliphatic heterocycles. The van der Waals surface area contributed by atoms with Crippen molar-refractivity contribution in [2.75, 3.05) is 0 Å². The molecule has 27 heteroatoms. The Labute approximate surface area is 826 Å². The second-order valence-electron chi connectivity index (χ2n) is 31.3. The van der Waals surface area contributed by atoms with Gasteiger partial charge in [-0.1, -0.05) is 83.9 Å². The van der Waals surface area contributed by atoms with E-state index in [1.54, 1.807) is 31.6 Å². The van der Waals surface area contributed by atoms with E-state index in [0.717, 1.165) is 213 Å². The smallest absolute Gasteiger partial charge is 1.00 e. The van der Waals surface area contributed by atoms with Crippen molar-refractivity contribution < 1.29 is 108 Å². The summed E-state index contributed by atoms with van der Waals surface area (Å²) in [6.45, 7) is 37.9. The Morgan fingerprint density at radius 3 is 0.955 bits per heavy atom. The molecule has 0 aromatic carbocycles. The average Bonchev–Trinajstić information content (AvgIpc) is 1.68. The Hall–Kier alpha value is -12.6. The fourth-order valence-electron chi connectivity index (χ4n) is 13.7. The van der Waals surface area contributed by atoms with Crippen LogP contribution in [0.25, 0.3) is 84.1 Å². The quantitative estimate of drug-likeness (QED) is 0.0398. The molecule has 0 fully saturated rings. The van der Waals surface area contributed by atoms with Crippen LogP contribution in [0, 0.1) is 0 Å². The molecule has 9 aromatic rings. The second-order valence-corrected chi connectivity index (χ2v) is 31.3. The van der Waals surface area contributed by atoms with E-state index in [9.17, 15) is 15.0 Å². The van der Waals surface area contributed by atoms with E-state index in [4.69, 9.17) is 44.7 Å². The van der Waals surface area contributed by atoms with Crippen LogP contribution >= 0.6 is 0 Å². The minimum Gasteiger partial charge on any atom is -1.00 e. The molecule has 680 valence electrons. The number of nitrogens with zero attached hydrogens (tertiary/aromatic N) is 14. The molecule has 17 heterocycles. The summed E-state index contributed by atoms with van der Waals surface area (Å²) < 4.78 is 0. The number of rotatable bonds is 14. The number of aliphatic hydroxyl groups is 2. The minimum absolute atomic E-state index is 0. The number of aldehydes is 1. The van der Waals surface area contributed by atoms with Gasteiger partial charge in [-0.05, 0) is 331 Å². The summed E-state index contributed by atoms with van der Waals surface area (Å²) >= 11 is 0. The van der Waals surface area contributed by atoms with Crippen LogP contribution in [0.2, 0.25) is 0 Å². The second kappa shape index (κ2) is 50.8. The number of ketones is 1. The van der Waals surface area contributed by atoms with Gasteiger partial charge in [0.15, 0.2) is 18.4 Å². The molecule has 0 amide bonds. The number of aliphatic imine (C=N–C) groups is 8. The number of carbonyl (C=O) groups excluding carboxylic acids is 2. The molecule has 0 spiro atoms. The molecular formula is C106H105Cl3Mn3N17O4. The van der Waals surface area contributed by atoms with Crippen LogP contribution < -0.4 is 110 Å². The minimum atomic E-state index is -1.51. The van der Waals surface area contributed by atoms with Gasteiger partial charge in [0.05, 0.1) is 68.4 Å². The van der Waals surface area contributed by atoms with E-state index in [-0.39, 0.29) is 94.7 Å². The fourth-order valence-corrected chi connectivity index (χ4v) is 13.7. The molecule has 0 atom stereocenters. The topological polar surface area (TPSA) is 305 Å². The van der Waals surface area contributed by atoms with Gasteiger partial charge in [0, 0.05) is 66.3 Å². The maximum absolute atomic E-state index is 9.44. The summed E-state index contributed by atoms with van der Waals surface area (Å²) in [5.74, 6) is -0.426. The molecule has 0 bridgehead atoms. The summed E-state index contributed by atoms with van der Waals surface area (Å²) in [6, 6.07) is 36.4. The Kier molecular flexibility index (Phi) is 41.7. The van der Waals surface area contributed by atoms with Gasteiger partial charge < -0.3 is 92.3 Å². The van der Waals surface area contributed by atoms with Gasteiger partial charge in [-0.25, -0.2) is 20.0 Å². The summed E-state index contributed by atoms with van der Waals surface area (Å²) in [7, 11) is 0. The van der Waals surface area contributed by atoms with Gasteiger partial charge in [-0.3, -0.25) is 29.6 Å². The molecule has 9 aromatic heterocycles. The fraction of sp³-hybridized carbons (Fsp3) is 0.189.